The van der Waals surface area contributed by atoms with Crippen molar-refractivity contribution in [3.05, 3.63) is 77.9 Å². The van der Waals surface area contributed by atoms with E-state index in [4.69, 9.17) is 4.84 Å². The Balaban J connectivity index is 1.33. The van der Waals surface area contributed by atoms with Crippen molar-refractivity contribution in [1.82, 2.24) is 5.48 Å². The molecule has 1 N–H and O–H groups in total. The molecule has 0 radical (unpaired) electrons. The molecule has 1 aliphatic rings. The molecule has 5 nitrogen and oxygen atoms in total. The number of fused-ring (bicyclic) bond motifs is 2. The fourth-order valence-electron chi connectivity index (χ4n) is 3.70. The van der Waals surface area contributed by atoms with Gasteiger partial charge in [0.2, 0.25) is 5.91 Å². The van der Waals surface area contributed by atoms with Gasteiger partial charge < -0.3 is 4.90 Å². The van der Waals surface area contributed by atoms with Crippen LogP contribution in [0.2, 0.25) is 0 Å². The molecular formula is C23H22N2O3. The number of aryl methyl sites for hydroxylation is 1. The second-order valence-electron chi connectivity index (χ2n) is 6.91. The molecule has 142 valence electrons. The molecule has 2 amide bonds. The van der Waals surface area contributed by atoms with Crippen LogP contribution in [0, 0.1) is 0 Å². The fourth-order valence-corrected chi connectivity index (χ4v) is 3.70. The summed E-state index contributed by atoms with van der Waals surface area (Å²) < 4.78 is 0. The number of nitrogens with one attached hydrogen (secondary N) is 1. The first kappa shape index (κ1) is 18.2. The second-order valence-corrected chi connectivity index (χ2v) is 6.91. The van der Waals surface area contributed by atoms with E-state index in [1.807, 2.05) is 66.7 Å². The van der Waals surface area contributed by atoms with Crippen LogP contribution in [0.5, 0.6) is 0 Å². The summed E-state index contributed by atoms with van der Waals surface area (Å²) >= 11 is 0. The van der Waals surface area contributed by atoms with Crippen molar-refractivity contribution in [2.45, 2.75) is 19.3 Å². The third kappa shape index (κ3) is 3.89. The van der Waals surface area contributed by atoms with E-state index in [2.05, 4.69) is 5.48 Å². The smallest absolute Gasteiger partial charge is 0.255 e. The Kier molecular flexibility index (Phi) is 5.35. The number of carbonyl (C=O) groups is 2. The highest BCUT2D eigenvalue weighted by molar-refractivity contribution is 5.95. The van der Waals surface area contributed by atoms with E-state index < -0.39 is 0 Å². The van der Waals surface area contributed by atoms with Crippen LogP contribution in [0.25, 0.3) is 10.8 Å². The Morgan fingerprint density at radius 3 is 2.68 bits per heavy atom. The number of anilines is 1. The fraction of sp³-hybridized carbons (Fsp3) is 0.217. The normalized spacial score (nSPS) is 13.2. The zero-order chi connectivity index (χ0) is 19.3. The summed E-state index contributed by atoms with van der Waals surface area (Å²) in [5, 5.41) is 2.13. The molecule has 4 rings (SSSR count). The quantitative estimate of drug-likeness (QED) is 0.697. The highest BCUT2D eigenvalue weighted by atomic mass is 16.7. The number of hydrogen-bond donors (Lipinski definition) is 1. The van der Waals surface area contributed by atoms with Crippen molar-refractivity contribution in [3.8, 4) is 0 Å². The van der Waals surface area contributed by atoms with E-state index in [-0.39, 0.29) is 24.8 Å². The van der Waals surface area contributed by atoms with Gasteiger partial charge in [0.25, 0.3) is 5.91 Å². The largest absolute Gasteiger partial charge is 0.310 e. The third-order valence-electron chi connectivity index (χ3n) is 5.02. The number of carbonyl (C=O) groups excluding carboxylic acids is 2. The summed E-state index contributed by atoms with van der Waals surface area (Å²) in [6.45, 7) is 0.485. The molecule has 3 aromatic carbocycles. The van der Waals surface area contributed by atoms with Gasteiger partial charge in [-0.15, -0.1) is 0 Å². The zero-order valence-electron chi connectivity index (χ0n) is 15.6. The molecule has 0 aliphatic carbocycles. The first-order chi connectivity index (χ1) is 13.7. The summed E-state index contributed by atoms with van der Waals surface area (Å²) in [5.74, 6) is -0.430. The van der Waals surface area contributed by atoms with E-state index in [1.165, 1.54) is 5.56 Å². The summed E-state index contributed by atoms with van der Waals surface area (Å²) in [4.78, 5) is 31.7. The van der Waals surface area contributed by atoms with Gasteiger partial charge in [0.05, 0.1) is 6.42 Å². The minimum Gasteiger partial charge on any atom is -0.310 e. The maximum Gasteiger partial charge on any atom is 0.255 e. The van der Waals surface area contributed by atoms with Gasteiger partial charge in [-0.05, 0) is 40.8 Å². The number of rotatable bonds is 5. The lowest BCUT2D eigenvalue weighted by molar-refractivity contribution is -0.137. The maximum absolute atomic E-state index is 12.5. The number of hydrogen-bond acceptors (Lipinski definition) is 3. The van der Waals surface area contributed by atoms with Gasteiger partial charge in [-0.1, -0.05) is 60.7 Å². The molecule has 0 aromatic heterocycles. The predicted molar refractivity (Wildman–Crippen MR) is 109 cm³/mol. The summed E-state index contributed by atoms with van der Waals surface area (Å²) in [7, 11) is 0. The van der Waals surface area contributed by atoms with Crippen LogP contribution in [0.3, 0.4) is 0 Å². The van der Waals surface area contributed by atoms with Gasteiger partial charge in [0, 0.05) is 12.2 Å². The summed E-state index contributed by atoms with van der Waals surface area (Å²) in [6.07, 6.45) is 2.10. The molecular weight excluding hydrogens is 352 g/mol. The summed E-state index contributed by atoms with van der Waals surface area (Å²) in [6, 6.07) is 21.7. The molecule has 0 fully saturated rings. The van der Waals surface area contributed by atoms with Crippen molar-refractivity contribution in [2.24, 2.45) is 0 Å². The van der Waals surface area contributed by atoms with E-state index in [0.717, 1.165) is 34.9 Å². The van der Waals surface area contributed by atoms with Crippen LogP contribution in [0.1, 0.15) is 17.5 Å². The lowest BCUT2D eigenvalue weighted by Gasteiger charge is -2.29. The molecule has 1 heterocycles. The van der Waals surface area contributed by atoms with Crippen molar-refractivity contribution >= 4 is 28.3 Å². The first-order valence-corrected chi connectivity index (χ1v) is 9.48. The highest BCUT2D eigenvalue weighted by Crippen LogP contribution is 2.26. The molecule has 1 aliphatic heterocycles. The molecule has 3 aromatic rings. The van der Waals surface area contributed by atoms with Gasteiger partial charge in [0.15, 0.2) is 6.61 Å². The Morgan fingerprint density at radius 1 is 0.964 bits per heavy atom. The molecule has 0 saturated carbocycles. The lowest BCUT2D eigenvalue weighted by Crippen LogP contribution is -2.40. The van der Waals surface area contributed by atoms with E-state index in [9.17, 15) is 9.59 Å². The standard InChI is InChI=1S/C23H22N2O3/c26-22(15-19-10-5-9-17-7-1-3-12-20(17)19)24-28-16-23(27)25-14-6-11-18-8-2-4-13-21(18)25/h1-5,7-10,12-13H,6,11,14-16H2,(H,24,26). The highest BCUT2D eigenvalue weighted by Gasteiger charge is 2.22. The first-order valence-electron chi connectivity index (χ1n) is 9.48. The van der Waals surface area contributed by atoms with E-state index >= 15 is 0 Å². The van der Waals surface area contributed by atoms with Gasteiger partial charge in [0.1, 0.15) is 0 Å². The molecule has 28 heavy (non-hydrogen) atoms. The maximum atomic E-state index is 12.5. The minimum atomic E-state index is -0.275. The second kappa shape index (κ2) is 8.23. The van der Waals surface area contributed by atoms with Crippen LogP contribution in [0.15, 0.2) is 66.7 Å². The van der Waals surface area contributed by atoms with Crippen LogP contribution in [-0.4, -0.2) is 25.0 Å². The molecule has 5 heteroatoms. The van der Waals surface area contributed by atoms with Crippen LogP contribution >= 0.6 is 0 Å². The van der Waals surface area contributed by atoms with Crippen molar-refractivity contribution in [3.63, 3.8) is 0 Å². The average molecular weight is 374 g/mol. The number of amides is 2. The van der Waals surface area contributed by atoms with Crippen LogP contribution in [0.4, 0.5) is 5.69 Å². The third-order valence-corrected chi connectivity index (χ3v) is 5.02. The van der Waals surface area contributed by atoms with E-state index in [0.29, 0.717) is 6.54 Å². The SMILES string of the molecule is O=C(Cc1cccc2ccccc12)NOCC(=O)N1CCCc2ccccc21. The number of para-hydroxylation sites is 1. The molecule has 0 unspecified atom stereocenters. The van der Waals surface area contributed by atoms with Crippen LogP contribution in [-0.2, 0) is 27.3 Å². The topological polar surface area (TPSA) is 58.6 Å². The minimum absolute atomic E-state index is 0.155. The van der Waals surface area contributed by atoms with Crippen molar-refractivity contribution in [1.29, 1.82) is 0 Å². The van der Waals surface area contributed by atoms with Crippen LogP contribution < -0.4 is 10.4 Å². The zero-order valence-corrected chi connectivity index (χ0v) is 15.6. The Labute approximate surface area is 163 Å². The lowest BCUT2D eigenvalue weighted by atomic mass is 10.0. The number of nitrogens with zero attached hydrogens (tertiary/aromatic N) is 1. The van der Waals surface area contributed by atoms with Gasteiger partial charge in [-0.2, -0.15) is 0 Å². The van der Waals surface area contributed by atoms with Crippen molar-refractivity contribution in [2.75, 3.05) is 18.1 Å². The van der Waals surface area contributed by atoms with E-state index in [1.54, 1.807) is 4.90 Å². The predicted octanol–water partition coefficient (Wildman–Crippen LogP) is 3.41. The monoisotopic (exact) mass is 374 g/mol. The van der Waals surface area contributed by atoms with Gasteiger partial charge in [-0.3, -0.25) is 14.4 Å². The molecule has 0 atom stereocenters. The molecule has 0 spiro atoms. The summed E-state index contributed by atoms with van der Waals surface area (Å²) in [5.41, 5.74) is 5.43. The van der Waals surface area contributed by atoms with Gasteiger partial charge in [-0.25, -0.2) is 5.48 Å². The Bertz CT molecular complexity index is 1010. The average Bonchev–Trinajstić information content (AvgIpc) is 2.73. The number of benzene rings is 3. The molecule has 0 saturated heterocycles. The Hall–Kier alpha value is -3.18. The Morgan fingerprint density at radius 2 is 1.75 bits per heavy atom. The molecule has 0 bridgehead atoms. The number of hydroxylamine groups is 1. The van der Waals surface area contributed by atoms with Crippen molar-refractivity contribution < 1.29 is 14.4 Å². The van der Waals surface area contributed by atoms with Gasteiger partial charge >= 0.3 is 0 Å².